The molecule has 8 heteroatoms. The zero-order valence-electron chi connectivity index (χ0n) is 9.42. The molecule has 0 saturated carbocycles. The largest absolute Gasteiger partial charge is 0.327 e. The summed E-state index contributed by atoms with van der Waals surface area (Å²) in [4.78, 5) is 17.9. The molecular weight excluding hydrogens is 270 g/mol. The Morgan fingerprint density at radius 2 is 2.44 bits per heavy atom. The van der Waals surface area contributed by atoms with Crippen LogP contribution in [-0.4, -0.2) is 26.5 Å². The predicted molar refractivity (Wildman–Crippen MR) is 70.0 cm³/mol. The van der Waals surface area contributed by atoms with E-state index < -0.39 is 0 Å². The first-order chi connectivity index (χ1) is 8.72. The highest BCUT2D eigenvalue weighted by molar-refractivity contribution is 7.16. The Hall–Kier alpha value is -1.38. The second-order valence-corrected chi connectivity index (χ2v) is 6.00. The molecule has 0 saturated heterocycles. The van der Waals surface area contributed by atoms with Crippen molar-refractivity contribution in [3.63, 3.8) is 0 Å². The van der Waals surface area contributed by atoms with Gasteiger partial charge < -0.3 is 5.73 Å². The Morgan fingerprint density at radius 1 is 1.56 bits per heavy atom. The van der Waals surface area contributed by atoms with Gasteiger partial charge in [-0.15, -0.1) is 16.4 Å². The highest BCUT2D eigenvalue weighted by Crippen LogP contribution is 2.29. The van der Waals surface area contributed by atoms with Crippen LogP contribution in [0.3, 0.4) is 0 Å². The standard InChI is InChI=1S/C10H11N5OS2/c11-5-1-2-6-7(3-5)17-10(13-6)14-9(16)8-4-12-15-18-8/h4-5H,1-3,11H2,(H,13,14,16)/t5-/m0/s1. The minimum absolute atomic E-state index is 0.208. The van der Waals surface area contributed by atoms with Gasteiger partial charge in [-0.1, -0.05) is 4.49 Å². The minimum atomic E-state index is -0.208. The number of anilines is 1. The molecule has 0 radical (unpaired) electrons. The molecule has 0 spiro atoms. The van der Waals surface area contributed by atoms with Gasteiger partial charge in [0.15, 0.2) is 5.13 Å². The molecule has 1 atom stereocenters. The maximum absolute atomic E-state index is 11.8. The molecule has 1 aliphatic rings. The van der Waals surface area contributed by atoms with Gasteiger partial charge in [-0.2, -0.15) is 0 Å². The van der Waals surface area contributed by atoms with Gasteiger partial charge in [-0.3, -0.25) is 10.1 Å². The number of hydrogen-bond donors (Lipinski definition) is 2. The van der Waals surface area contributed by atoms with Crippen molar-refractivity contribution in [3.8, 4) is 0 Å². The SMILES string of the molecule is N[C@H]1CCc2nc(NC(=O)c3cnns3)sc2C1. The fourth-order valence-corrected chi connectivity index (χ4v) is 3.39. The van der Waals surface area contributed by atoms with Crippen LogP contribution in [0, 0.1) is 0 Å². The van der Waals surface area contributed by atoms with Gasteiger partial charge in [0.05, 0.1) is 11.9 Å². The molecule has 1 amide bonds. The van der Waals surface area contributed by atoms with Crippen molar-refractivity contribution in [1.29, 1.82) is 0 Å². The molecule has 94 valence electrons. The number of amides is 1. The zero-order valence-corrected chi connectivity index (χ0v) is 11.1. The van der Waals surface area contributed by atoms with Crippen molar-refractivity contribution in [2.24, 2.45) is 5.73 Å². The summed E-state index contributed by atoms with van der Waals surface area (Å²) in [7, 11) is 0. The van der Waals surface area contributed by atoms with Crippen LogP contribution in [0.2, 0.25) is 0 Å². The number of carbonyl (C=O) groups is 1. The van der Waals surface area contributed by atoms with E-state index in [1.807, 2.05) is 0 Å². The van der Waals surface area contributed by atoms with Crippen molar-refractivity contribution in [1.82, 2.24) is 14.6 Å². The number of aromatic nitrogens is 3. The lowest BCUT2D eigenvalue weighted by atomic mass is 9.99. The molecule has 3 rings (SSSR count). The molecular formula is C10H11N5OS2. The molecule has 0 fully saturated rings. The van der Waals surface area contributed by atoms with E-state index in [1.165, 1.54) is 22.4 Å². The smallest absolute Gasteiger partial charge is 0.270 e. The number of thiazole rings is 1. The topological polar surface area (TPSA) is 93.8 Å². The molecule has 1 aliphatic carbocycles. The quantitative estimate of drug-likeness (QED) is 0.858. The van der Waals surface area contributed by atoms with Gasteiger partial charge in [0, 0.05) is 10.9 Å². The van der Waals surface area contributed by atoms with Crippen molar-refractivity contribution < 1.29 is 4.79 Å². The average molecular weight is 281 g/mol. The summed E-state index contributed by atoms with van der Waals surface area (Å²) < 4.78 is 3.66. The Labute approximate surface area is 111 Å². The van der Waals surface area contributed by atoms with Crippen LogP contribution in [-0.2, 0) is 12.8 Å². The van der Waals surface area contributed by atoms with E-state index in [9.17, 15) is 4.79 Å². The molecule has 2 aromatic heterocycles. The third-order valence-electron chi connectivity index (χ3n) is 2.78. The van der Waals surface area contributed by atoms with Crippen molar-refractivity contribution in [2.75, 3.05) is 5.32 Å². The number of carbonyl (C=O) groups excluding carboxylic acids is 1. The Kier molecular flexibility index (Phi) is 3.06. The van der Waals surface area contributed by atoms with Crippen molar-refractivity contribution in [2.45, 2.75) is 25.3 Å². The lowest BCUT2D eigenvalue weighted by Crippen LogP contribution is -2.26. The number of fused-ring (bicyclic) bond motifs is 1. The molecule has 2 aromatic rings. The van der Waals surface area contributed by atoms with Crippen LogP contribution in [0.15, 0.2) is 6.20 Å². The fraction of sp³-hybridized carbons (Fsp3) is 0.400. The second-order valence-electron chi connectivity index (χ2n) is 4.13. The number of nitrogens with two attached hydrogens (primary N) is 1. The monoisotopic (exact) mass is 281 g/mol. The van der Waals surface area contributed by atoms with Crippen molar-refractivity contribution >= 4 is 33.9 Å². The van der Waals surface area contributed by atoms with E-state index in [2.05, 4.69) is 19.9 Å². The number of aryl methyl sites for hydroxylation is 1. The third kappa shape index (κ3) is 2.26. The normalized spacial score (nSPS) is 18.4. The molecule has 18 heavy (non-hydrogen) atoms. The number of rotatable bonds is 2. The average Bonchev–Trinajstić information content (AvgIpc) is 2.95. The summed E-state index contributed by atoms with van der Waals surface area (Å²) >= 11 is 2.57. The molecule has 3 N–H and O–H groups in total. The molecule has 6 nitrogen and oxygen atoms in total. The van der Waals surface area contributed by atoms with E-state index in [0.717, 1.165) is 36.5 Å². The van der Waals surface area contributed by atoms with E-state index in [0.29, 0.717) is 10.0 Å². The highest BCUT2D eigenvalue weighted by Gasteiger charge is 2.21. The Bertz CT molecular complexity index is 565. The zero-order chi connectivity index (χ0) is 12.5. The lowest BCUT2D eigenvalue weighted by molar-refractivity contribution is 0.103. The summed E-state index contributed by atoms with van der Waals surface area (Å²) in [5.74, 6) is -0.208. The Morgan fingerprint density at radius 3 is 3.22 bits per heavy atom. The van der Waals surface area contributed by atoms with Crippen molar-refractivity contribution in [3.05, 3.63) is 21.6 Å². The summed E-state index contributed by atoms with van der Waals surface area (Å²) in [5, 5.41) is 7.04. The minimum Gasteiger partial charge on any atom is -0.327 e. The maximum Gasteiger partial charge on any atom is 0.270 e. The van der Waals surface area contributed by atoms with Crippen LogP contribution in [0.25, 0.3) is 0 Å². The summed E-state index contributed by atoms with van der Waals surface area (Å²) in [5.41, 5.74) is 6.98. The van der Waals surface area contributed by atoms with Crippen LogP contribution >= 0.6 is 22.9 Å². The first kappa shape index (κ1) is 11.7. The fourth-order valence-electron chi connectivity index (χ4n) is 1.88. The summed E-state index contributed by atoms with van der Waals surface area (Å²) in [6, 6.07) is 0.215. The summed E-state index contributed by atoms with van der Waals surface area (Å²) in [6.07, 6.45) is 4.16. The van der Waals surface area contributed by atoms with Gasteiger partial charge in [0.25, 0.3) is 5.91 Å². The first-order valence-corrected chi connectivity index (χ1v) is 7.14. The Balaban J connectivity index is 1.76. The van der Waals surface area contributed by atoms with E-state index in [1.54, 1.807) is 0 Å². The van der Waals surface area contributed by atoms with Gasteiger partial charge in [-0.05, 0) is 30.8 Å². The predicted octanol–water partition coefficient (Wildman–Crippen LogP) is 1.06. The summed E-state index contributed by atoms with van der Waals surface area (Å²) in [6.45, 7) is 0. The van der Waals surface area contributed by atoms with Crippen LogP contribution in [0.4, 0.5) is 5.13 Å². The van der Waals surface area contributed by atoms with E-state index >= 15 is 0 Å². The second kappa shape index (κ2) is 4.71. The molecule has 0 bridgehead atoms. The van der Waals surface area contributed by atoms with Gasteiger partial charge >= 0.3 is 0 Å². The van der Waals surface area contributed by atoms with E-state index in [-0.39, 0.29) is 11.9 Å². The van der Waals surface area contributed by atoms with Crippen LogP contribution < -0.4 is 11.1 Å². The number of nitrogens with one attached hydrogen (secondary N) is 1. The highest BCUT2D eigenvalue weighted by atomic mass is 32.1. The van der Waals surface area contributed by atoms with Gasteiger partial charge in [0.1, 0.15) is 4.88 Å². The van der Waals surface area contributed by atoms with Crippen LogP contribution in [0.5, 0.6) is 0 Å². The third-order valence-corrected chi connectivity index (χ3v) is 4.48. The molecule has 0 unspecified atom stereocenters. The maximum atomic E-state index is 11.8. The number of hydrogen-bond acceptors (Lipinski definition) is 7. The van der Waals surface area contributed by atoms with Crippen LogP contribution in [0.1, 0.15) is 26.7 Å². The first-order valence-electron chi connectivity index (χ1n) is 5.55. The van der Waals surface area contributed by atoms with Gasteiger partial charge in [0.2, 0.25) is 0 Å². The lowest BCUT2D eigenvalue weighted by Gasteiger charge is -2.15. The molecule has 0 aromatic carbocycles. The van der Waals surface area contributed by atoms with Gasteiger partial charge in [-0.25, -0.2) is 4.98 Å². The number of nitrogens with zero attached hydrogens (tertiary/aromatic N) is 3. The molecule has 2 heterocycles. The molecule has 0 aliphatic heterocycles. The van der Waals surface area contributed by atoms with E-state index in [4.69, 9.17) is 5.73 Å².